The van der Waals surface area contributed by atoms with Gasteiger partial charge in [-0.15, -0.1) is 0 Å². The minimum atomic E-state index is 0.178. The van der Waals surface area contributed by atoms with E-state index in [1.54, 1.807) is 0 Å². The molecule has 2 rings (SSSR count). The number of aromatic nitrogens is 2. The fraction of sp³-hybridized carbons (Fsp3) is 0.333. The summed E-state index contributed by atoms with van der Waals surface area (Å²) in [6.07, 6.45) is 2.07. The Kier molecular flexibility index (Phi) is 4.74. The number of hydrogen-bond donors (Lipinski definition) is 1. The van der Waals surface area contributed by atoms with Gasteiger partial charge in [-0.05, 0) is 24.6 Å². The molecule has 1 heterocycles. The molecule has 0 fully saturated rings. The van der Waals surface area contributed by atoms with Gasteiger partial charge in [0.05, 0.1) is 0 Å². The molecule has 0 aliphatic rings. The van der Waals surface area contributed by atoms with Crippen LogP contribution in [0.15, 0.2) is 33.6 Å². The average molecular weight is 331 g/mol. The predicted molar refractivity (Wildman–Crippen MR) is 73.6 cm³/mol. The van der Waals surface area contributed by atoms with E-state index in [-0.39, 0.29) is 6.04 Å². The normalized spacial score (nSPS) is 12.6. The lowest BCUT2D eigenvalue weighted by atomic mass is 10.1. The maximum atomic E-state index is 6.19. The van der Waals surface area contributed by atoms with E-state index >= 15 is 0 Å². The molecule has 96 valence electrons. The Labute approximate surface area is 119 Å². The third kappa shape index (κ3) is 3.54. The molecule has 1 aromatic carbocycles. The first-order valence-corrected chi connectivity index (χ1v) is 6.77. The molecule has 1 aromatic heterocycles. The molecule has 6 heteroatoms. The zero-order valence-electron chi connectivity index (χ0n) is 9.86. The van der Waals surface area contributed by atoms with Crippen LogP contribution >= 0.6 is 27.5 Å². The topological polar surface area (TPSA) is 51.0 Å². The molecule has 1 unspecified atom stereocenters. The summed E-state index contributed by atoms with van der Waals surface area (Å²) in [5.41, 5.74) is 1.08. The van der Waals surface area contributed by atoms with Crippen molar-refractivity contribution in [3.05, 3.63) is 45.5 Å². The van der Waals surface area contributed by atoms with Gasteiger partial charge in [0.25, 0.3) is 0 Å². The smallest absolute Gasteiger partial charge is 0.213 e. The molecule has 0 saturated carbocycles. The summed E-state index contributed by atoms with van der Waals surface area (Å²) < 4.78 is 5.66. The summed E-state index contributed by atoms with van der Waals surface area (Å²) in [5, 5.41) is 7.89. The number of nitrogens with one attached hydrogen (secondary N) is 1. The minimum Gasteiger partial charge on any atom is -0.343 e. The van der Waals surface area contributed by atoms with E-state index in [9.17, 15) is 0 Å². The van der Waals surface area contributed by atoms with E-state index in [0.717, 1.165) is 28.0 Å². The van der Waals surface area contributed by atoms with Crippen LogP contribution in [0.2, 0.25) is 5.02 Å². The Morgan fingerprint density at radius 3 is 3.00 bits per heavy atom. The summed E-state index contributed by atoms with van der Waals surface area (Å²) in [6, 6.07) is 6.07. The van der Waals surface area contributed by atoms with Gasteiger partial charge in [0.2, 0.25) is 6.39 Å². The van der Waals surface area contributed by atoms with E-state index in [0.29, 0.717) is 5.82 Å². The van der Waals surface area contributed by atoms with Crippen molar-refractivity contribution < 1.29 is 4.52 Å². The van der Waals surface area contributed by atoms with Crippen molar-refractivity contribution in [3.63, 3.8) is 0 Å². The van der Waals surface area contributed by atoms with Crippen molar-refractivity contribution >= 4 is 27.5 Å². The Hall–Kier alpha value is -0.910. The molecule has 0 radical (unpaired) electrons. The number of hydrogen-bond acceptors (Lipinski definition) is 4. The van der Waals surface area contributed by atoms with Gasteiger partial charge in [-0.25, -0.2) is 0 Å². The molecule has 0 spiro atoms. The Morgan fingerprint density at radius 2 is 2.33 bits per heavy atom. The van der Waals surface area contributed by atoms with E-state index in [2.05, 4.69) is 42.8 Å². The number of halogens is 2. The van der Waals surface area contributed by atoms with Crippen molar-refractivity contribution in [1.29, 1.82) is 0 Å². The summed E-state index contributed by atoms with van der Waals surface area (Å²) >= 11 is 9.59. The van der Waals surface area contributed by atoms with Crippen molar-refractivity contribution in [1.82, 2.24) is 15.5 Å². The van der Waals surface area contributed by atoms with Gasteiger partial charge in [-0.2, -0.15) is 4.98 Å². The monoisotopic (exact) mass is 329 g/mol. The predicted octanol–water partition coefficient (Wildman–Crippen LogP) is 3.38. The van der Waals surface area contributed by atoms with Crippen LogP contribution in [0.1, 0.15) is 24.4 Å². The second-order valence-corrected chi connectivity index (χ2v) is 5.26. The second-order valence-electron chi connectivity index (χ2n) is 3.94. The zero-order valence-corrected chi connectivity index (χ0v) is 12.2. The van der Waals surface area contributed by atoms with E-state index in [1.807, 2.05) is 18.2 Å². The van der Waals surface area contributed by atoms with Gasteiger partial charge in [0.15, 0.2) is 5.82 Å². The van der Waals surface area contributed by atoms with Crippen LogP contribution in [0.3, 0.4) is 0 Å². The van der Waals surface area contributed by atoms with Crippen LogP contribution in [0.4, 0.5) is 0 Å². The lowest BCUT2D eigenvalue weighted by Crippen LogP contribution is -2.22. The molecule has 0 aliphatic heterocycles. The Morgan fingerprint density at radius 1 is 1.50 bits per heavy atom. The van der Waals surface area contributed by atoms with Gasteiger partial charge >= 0.3 is 0 Å². The largest absolute Gasteiger partial charge is 0.343 e. The molecule has 0 aliphatic carbocycles. The molecule has 2 aromatic rings. The van der Waals surface area contributed by atoms with Crippen LogP contribution in [0, 0.1) is 0 Å². The van der Waals surface area contributed by atoms with Crippen molar-refractivity contribution in [2.24, 2.45) is 0 Å². The van der Waals surface area contributed by atoms with Gasteiger partial charge in [-0.3, -0.25) is 0 Å². The van der Waals surface area contributed by atoms with Crippen LogP contribution in [-0.4, -0.2) is 16.7 Å². The first-order valence-electron chi connectivity index (χ1n) is 5.60. The number of nitrogens with zero attached hydrogens (tertiary/aromatic N) is 2. The van der Waals surface area contributed by atoms with Crippen molar-refractivity contribution in [3.8, 4) is 0 Å². The van der Waals surface area contributed by atoms with Gasteiger partial charge < -0.3 is 9.84 Å². The molecule has 1 N–H and O–H groups in total. The highest BCUT2D eigenvalue weighted by atomic mass is 79.9. The fourth-order valence-electron chi connectivity index (χ4n) is 1.67. The molecule has 0 amide bonds. The molecule has 0 saturated heterocycles. The maximum Gasteiger partial charge on any atom is 0.213 e. The highest BCUT2D eigenvalue weighted by Crippen LogP contribution is 2.26. The molecular formula is C12H13BrClN3O. The van der Waals surface area contributed by atoms with Crippen LogP contribution in [-0.2, 0) is 6.42 Å². The highest BCUT2D eigenvalue weighted by Gasteiger charge is 2.09. The molecule has 18 heavy (non-hydrogen) atoms. The van der Waals surface area contributed by atoms with Crippen LogP contribution in [0.25, 0.3) is 0 Å². The van der Waals surface area contributed by atoms with E-state index < -0.39 is 0 Å². The van der Waals surface area contributed by atoms with Crippen molar-refractivity contribution in [2.75, 3.05) is 6.54 Å². The van der Waals surface area contributed by atoms with Crippen molar-refractivity contribution in [2.45, 2.75) is 19.4 Å². The zero-order chi connectivity index (χ0) is 13.0. The minimum absolute atomic E-state index is 0.178. The fourth-order valence-corrected chi connectivity index (χ4v) is 2.50. The SMILES string of the molecule is CC(NCCc1ncon1)c1ccc(Br)cc1Cl. The highest BCUT2D eigenvalue weighted by molar-refractivity contribution is 9.10. The Bertz CT molecular complexity index is 504. The standard InChI is InChI=1S/C12H13BrClN3O/c1-8(10-3-2-9(13)6-11(10)14)15-5-4-12-16-7-18-17-12/h2-3,6-8,15H,4-5H2,1H3. The summed E-state index contributed by atoms with van der Waals surface area (Å²) in [5.74, 6) is 0.705. The summed E-state index contributed by atoms with van der Waals surface area (Å²) in [6.45, 7) is 2.85. The lowest BCUT2D eigenvalue weighted by molar-refractivity contribution is 0.408. The van der Waals surface area contributed by atoms with Crippen LogP contribution < -0.4 is 5.32 Å². The van der Waals surface area contributed by atoms with Crippen LogP contribution in [0.5, 0.6) is 0 Å². The van der Waals surface area contributed by atoms with E-state index in [1.165, 1.54) is 6.39 Å². The first kappa shape index (κ1) is 13.5. The number of rotatable bonds is 5. The van der Waals surface area contributed by atoms with Gasteiger partial charge in [0, 0.05) is 28.5 Å². The second kappa shape index (κ2) is 6.31. The molecule has 0 bridgehead atoms. The van der Waals surface area contributed by atoms with E-state index in [4.69, 9.17) is 11.6 Å². The maximum absolute atomic E-state index is 6.19. The quantitative estimate of drug-likeness (QED) is 0.913. The van der Waals surface area contributed by atoms with Gasteiger partial charge in [-0.1, -0.05) is 38.8 Å². The number of benzene rings is 1. The first-order chi connectivity index (χ1) is 8.66. The average Bonchev–Trinajstić information content (AvgIpc) is 2.81. The lowest BCUT2D eigenvalue weighted by Gasteiger charge is -2.15. The third-order valence-corrected chi connectivity index (χ3v) is 3.46. The Balaban J connectivity index is 1.89. The molecule has 4 nitrogen and oxygen atoms in total. The molecular weight excluding hydrogens is 318 g/mol. The third-order valence-electron chi connectivity index (χ3n) is 2.64. The summed E-state index contributed by atoms with van der Waals surface area (Å²) in [4.78, 5) is 3.96. The summed E-state index contributed by atoms with van der Waals surface area (Å²) in [7, 11) is 0. The molecule has 1 atom stereocenters. The van der Waals surface area contributed by atoms with Gasteiger partial charge in [0.1, 0.15) is 0 Å².